The number of carbonyl (C=O) groups is 3. The van der Waals surface area contributed by atoms with Gasteiger partial charge < -0.3 is 9.80 Å². The standard InChI is InChI=1S/C11H18N2O3/c1-11(2,3)8(14)5-13-7-9(15)12(4)6-10(13)16/h5-7H2,1-4H3. The highest BCUT2D eigenvalue weighted by molar-refractivity contribution is 5.96. The van der Waals surface area contributed by atoms with E-state index in [1.54, 1.807) is 27.8 Å². The molecule has 1 aliphatic heterocycles. The van der Waals surface area contributed by atoms with E-state index in [4.69, 9.17) is 0 Å². The van der Waals surface area contributed by atoms with Crippen LogP contribution in [0.4, 0.5) is 0 Å². The van der Waals surface area contributed by atoms with Crippen LogP contribution in [0.5, 0.6) is 0 Å². The minimum Gasteiger partial charge on any atom is -0.335 e. The number of Topliss-reactive ketones (excluding diaryl/α,β-unsaturated/α-hetero) is 1. The van der Waals surface area contributed by atoms with Crippen molar-refractivity contribution in [1.82, 2.24) is 9.80 Å². The van der Waals surface area contributed by atoms with Gasteiger partial charge in [0, 0.05) is 12.5 Å². The average Bonchev–Trinajstić information content (AvgIpc) is 2.12. The predicted octanol–water partition coefficient (Wildman–Crippen LogP) is -0.0978. The lowest BCUT2D eigenvalue weighted by molar-refractivity contribution is -0.150. The molecule has 0 aliphatic carbocycles. The van der Waals surface area contributed by atoms with E-state index in [0.717, 1.165) is 0 Å². The van der Waals surface area contributed by atoms with Crippen LogP contribution in [-0.4, -0.2) is 54.1 Å². The van der Waals surface area contributed by atoms with Crippen LogP contribution in [0.1, 0.15) is 20.8 Å². The SMILES string of the molecule is CN1CC(=O)N(CC(=O)C(C)(C)C)CC1=O. The lowest BCUT2D eigenvalue weighted by Crippen LogP contribution is -2.54. The molecule has 0 saturated carbocycles. The topological polar surface area (TPSA) is 57.7 Å². The highest BCUT2D eigenvalue weighted by Gasteiger charge is 2.31. The normalized spacial score (nSPS) is 18.0. The van der Waals surface area contributed by atoms with Crippen molar-refractivity contribution in [3.05, 3.63) is 0 Å². The summed E-state index contributed by atoms with van der Waals surface area (Å²) in [5.74, 6) is -0.320. The van der Waals surface area contributed by atoms with Gasteiger partial charge in [0.05, 0.1) is 13.1 Å². The van der Waals surface area contributed by atoms with Gasteiger partial charge in [-0.1, -0.05) is 20.8 Å². The minimum atomic E-state index is -0.479. The summed E-state index contributed by atoms with van der Waals surface area (Å²) in [6.45, 7) is 5.52. The fraction of sp³-hybridized carbons (Fsp3) is 0.727. The van der Waals surface area contributed by atoms with Crippen LogP contribution in [0.2, 0.25) is 0 Å². The van der Waals surface area contributed by atoms with Crippen LogP contribution in [0.15, 0.2) is 0 Å². The molecule has 90 valence electrons. The number of hydrogen-bond acceptors (Lipinski definition) is 3. The Kier molecular flexibility index (Phi) is 3.35. The molecule has 16 heavy (non-hydrogen) atoms. The van der Waals surface area contributed by atoms with Crippen LogP contribution in [0.3, 0.4) is 0 Å². The number of likely N-dealkylation sites (N-methyl/N-ethyl adjacent to an activating group) is 1. The number of piperazine rings is 1. The third-order valence-electron chi connectivity index (χ3n) is 2.65. The zero-order chi connectivity index (χ0) is 12.5. The monoisotopic (exact) mass is 226 g/mol. The average molecular weight is 226 g/mol. The van der Waals surface area contributed by atoms with Crippen molar-refractivity contribution >= 4 is 17.6 Å². The van der Waals surface area contributed by atoms with Gasteiger partial charge in [-0.2, -0.15) is 0 Å². The first kappa shape index (κ1) is 12.7. The van der Waals surface area contributed by atoms with Gasteiger partial charge in [0.25, 0.3) is 0 Å². The van der Waals surface area contributed by atoms with E-state index in [2.05, 4.69) is 0 Å². The van der Waals surface area contributed by atoms with Gasteiger partial charge >= 0.3 is 0 Å². The van der Waals surface area contributed by atoms with Crippen LogP contribution in [0.25, 0.3) is 0 Å². The Morgan fingerprint density at radius 3 is 2.25 bits per heavy atom. The van der Waals surface area contributed by atoms with Crippen molar-refractivity contribution < 1.29 is 14.4 Å². The molecule has 0 aromatic heterocycles. The van der Waals surface area contributed by atoms with Gasteiger partial charge in [-0.05, 0) is 0 Å². The molecule has 0 spiro atoms. The lowest BCUT2D eigenvalue weighted by atomic mass is 9.90. The molecule has 5 heteroatoms. The molecule has 1 saturated heterocycles. The fourth-order valence-electron chi connectivity index (χ4n) is 1.32. The zero-order valence-electron chi connectivity index (χ0n) is 10.2. The number of hydrogen-bond donors (Lipinski definition) is 0. The maximum absolute atomic E-state index is 11.7. The highest BCUT2D eigenvalue weighted by Crippen LogP contribution is 2.16. The van der Waals surface area contributed by atoms with Gasteiger partial charge in [0.2, 0.25) is 11.8 Å². The van der Waals surface area contributed by atoms with E-state index >= 15 is 0 Å². The second-order valence-corrected chi connectivity index (χ2v) is 5.17. The summed E-state index contributed by atoms with van der Waals surface area (Å²) >= 11 is 0. The van der Waals surface area contributed by atoms with E-state index < -0.39 is 5.41 Å². The molecule has 0 N–H and O–H groups in total. The van der Waals surface area contributed by atoms with Crippen molar-refractivity contribution in [1.29, 1.82) is 0 Å². The molecular formula is C11H18N2O3. The van der Waals surface area contributed by atoms with Gasteiger partial charge in [0.15, 0.2) is 5.78 Å². The van der Waals surface area contributed by atoms with E-state index in [0.29, 0.717) is 0 Å². The summed E-state index contributed by atoms with van der Waals surface area (Å²) in [4.78, 5) is 37.4. The summed E-state index contributed by atoms with van der Waals surface area (Å²) in [5.41, 5.74) is -0.479. The van der Waals surface area contributed by atoms with E-state index in [1.165, 1.54) is 9.80 Å². The maximum atomic E-state index is 11.7. The zero-order valence-corrected chi connectivity index (χ0v) is 10.2. The molecule has 2 amide bonds. The van der Waals surface area contributed by atoms with Gasteiger partial charge in [-0.25, -0.2) is 0 Å². The van der Waals surface area contributed by atoms with Crippen LogP contribution >= 0.6 is 0 Å². The third-order valence-corrected chi connectivity index (χ3v) is 2.65. The summed E-state index contributed by atoms with van der Waals surface area (Å²) < 4.78 is 0. The molecule has 1 aliphatic rings. The molecule has 0 atom stereocenters. The quantitative estimate of drug-likeness (QED) is 0.661. The summed E-state index contributed by atoms with van der Waals surface area (Å²) in [7, 11) is 1.59. The second-order valence-electron chi connectivity index (χ2n) is 5.17. The number of nitrogens with zero attached hydrogens (tertiary/aromatic N) is 2. The Balaban J connectivity index is 2.65. The molecule has 0 bridgehead atoms. The third kappa shape index (κ3) is 2.81. The molecule has 0 unspecified atom stereocenters. The molecule has 1 heterocycles. The minimum absolute atomic E-state index is 0.0111. The Hall–Kier alpha value is -1.39. The number of carbonyl (C=O) groups excluding carboxylic acids is 3. The number of ketones is 1. The van der Waals surface area contributed by atoms with Crippen LogP contribution < -0.4 is 0 Å². The Morgan fingerprint density at radius 2 is 1.75 bits per heavy atom. The Morgan fingerprint density at radius 1 is 1.19 bits per heavy atom. The molecule has 0 aromatic rings. The summed E-state index contributed by atoms with van der Waals surface area (Å²) in [5, 5.41) is 0. The van der Waals surface area contributed by atoms with Crippen molar-refractivity contribution in [2.75, 3.05) is 26.7 Å². The molecular weight excluding hydrogens is 208 g/mol. The summed E-state index contributed by atoms with van der Waals surface area (Å²) in [6.07, 6.45) is 0. The molecule has 0 aromatic carbocycles. The first-order chi connectivity index (χ1) is 7.21. The fourth-order valence-corrected chi connectivity index (χ4v) is 1.32. The molecule has 1 rings (SSSR count). The Labute approximate surface area is 95.4 Å². The number of rotatable bonds is 2. The largest absolute Gasteiger partial charge is 0.335 e. The molecule has 0 radical (unpaired) electrons. The first-order valence-corrected chi connectivity index (χ1v) is 5.27. The van der Waals surface area contributed by atoms with Crippen molar-refractivity contribution in [2.24, 2.45) is 5.41 Å². The van der Waals surface area contributed by atoms with E-state index in [-0.39, 0.29) is 37.2 Å². The smallest absolute Gasteiger partial charge is 0.243 e. The molecule has 1 fully saturated rings. The van der Waals surface area contributed by atoms with E-state index in [1.807, 2.05) is 0 Å². The summed E-state index contributed by atoms with van der Waals surface area (Å²) in [6, 6.07) is 0. The lowest BCUT2D eigenvalue weighted by Gasteiger charge is -2.32. The van der Waals surface area contributed by atoms with E-state index in [9.17, 15) is 14.4 Å². The van der Waals surface area contributed by atoms with Crippen molar-refractivity contribution in [3.8, 4) is 0 Å². The van der Waals surface area contributed by atoms with Gasteiger partial charge in [0.1, 0.15) is 6.54 Å². The van der Waals surface area contributed by atoms with Crippen molar-refractivity contribution in [3.63, 3.8) is 0 Å². The Bertz CT molecular complexity index is 331. The van der Waals surface area contributed by atoms with Gasteiger partial charge in [-0.15, -0.1) is 0 Å². The second kappa shape index (κ2) is 4.23. The molecule has 5 nitrogen and oxygen atoms in total. The van der Waals surface area contributed by atoms with Crippen LogP contribution in [-0.2, 0) is 14.4 Å². The first-order valence-electron chi connectivity index (χ1n) is 5.27. The predicted molar refractivity (Wildman–Crippen MR) is 58.7 cm³/mol. The van der Waals surface area contributed by atoms with Crippen LogP contribution in [0, 0.1) is 5.41 Å². The number of amides is 2. The highest BCUT2D eigenvalue weighted by atomic mass is 16.2. The van der Waals surface area contributed by atoms with Gasteiger partial charge in [-0.3, -0.25) is 14.4 Å². The maximum Gasteiger partial charge on any atom is 0.243 e. The van der Waals surface area contributed by atoms with Crippen molar-refractivity contribution in [2.45, 2.75) is 20.8 Å².